The minimum Gasteiger partial charge on any atom is -0.392 e. The quantitative estimate of drug-likeness (QED) is 0.748. The Morgan fingerprint density at radius 3 is 2.67 bits per heavy atom. The molecule has 1 aromatic heterocycles. The number of nitrogens with zero attached hydrogens (tertiary/aromatic N) is 2. The summed E-state index contributed by atoms with van der Waals surface area (Å²) in [6, 6.07) is 3.82. The van der Waals surface area contributed by atoms with Crippen LogP contribution >= 0.6 is 0 Å². The number of rotatable bonds is 5. The molecule has 0 aliphatic rings. The summed E-state index contributed by atoms with van der Waals surface area (Å²) in [7, 11) is 0. The zero-order valence-corrected chi connectivity index (χ0v) is 9.40. The first-order valence-corrected chi connectivity index (χ1v) is 5.12. The Bertz CT molecular complexity index is 319. The molecule has 1 aromatic rings. The number of aromatic nitrogens is 1. The summed E-state index contributed by atoms with van der Waals surface area (Å²) in [6.45, 7) is 9.75. The zero-order chi connectivity index (χ0) is 11.3. The molecule has 3 heteroatoms. The normalized spacial score (nSPS) is 10.1. The van der Waals surface area contributed by atoms with E-state index in [0.717, 1.165) is 30.0 Å². The highest BCUT2D eigenvalue weighted by Crippen LogP contribution is 2.12. The largest absolute Gasteiger partial charge is 0.392 e. The maximum atomic E-state index is 8.90. The second kappa shape index (κ2) is 5.51. The van der Waals surface area contributed by atoms with Crippen molar-refractivity contribution >= 4 is 5.82 Å². The van der Waals surface area contributed by atoms with Gasteiger partial charge in [0.1, 0.15) is 5.82 Å². The molecule has 1 rings (SSSR count). The van der Waals surface area contributed by atoms with Gasteiger partial charge in [-0.1, -0.05) is 18.2 Å². The summed E-state index contributed by atoms with van der Waals surface area (Å²) in [5.74, 6) is 0.928. The van der Waals surface area contributed by atoms with Gasteiger partial charge in [0.25, 0.3) is 0 Å². The van der Waals surface area contributed by atoms with Gasteiger partial charge in [-0.2, -0.15) is 0 Å². The molecular weight excluding hydrogens is 188 g/mol. The molecule has 0 unspecified atom stereocenters. The standard InChI is InChI=1S/C12H18N2O/c1-4-14(8-10(2)3)12-6-5-11(9-15)7-13-12/h5-7,15H,2,4,8-9H2,1,3H3. The van der Waals surface area contributed by atoms with E-state index in [-0.39, 0.29) is 6.61 Å². The lowest BCUT2D eigenvalue weighted by atomic mass is 10.2. The molecule has 0 spiro atoms. The molecule has 0 aliphatic carbocycles. The Hall–Kier alpha value is -1.35. The highest BCUT2D eigenvalue weighted by molar-refractivity contribution is 5.40. The van der Waals surface area contributed by atoms with E-state index in [0.29, 0.717) is 0 Å². The Kier molecular flexibility index (Phi) is 4.31. The second-order valence-corrected chi connectivity index (χ2v) is 3.65. The van der Waals surface area contributed by atoms with Gasteiger partial charge in [-0.05, 0) is 25.5 Å². The monoisotopic (exact) mass is 206 g/mol. The molecule has 0 saturated carbocycles. The van der Waals surface area contributed by atoms with E-state index in [1.54, 1.807) is 6.20 Å². The summed E-state index contributed by atoms with van der Waals surface area (Å²) >= 11 is 0. The van der Waals surface area contributed by atoms with Gasteiger partial charge >= 0.3 is 0 Å². The molecule has 82 valence electrons. The van der Waals surface area contributed by atoms with E-state index in [4.69, 9.17) is 5.11 Å². The van der Waals surface area contributed by atoms with Gasteiger partial charge in [-0.25, -0.2) is 4.98 Å². The van der Waals surface area contributed by atoms with E-state index in [9.17, 15) is 0 Å². The number of aliphatic hydroxyl groups is 1. The van der Waals surface area contributed by atoms with E-state index in [2.05, 4.69) is 23.4 Å². The summed E-state index contributed by atoms with van der Waals surface area (Å²) in [5.41, 5.74) is 1.95. The van der Waals surface area contributed by atoms with Gasteiger partial charge in [0.2, 0.25) is 0 Å². The lowest BCUT2D eigenvalue weighted by Gasteiger charge is -2.21. The minimum absolute atomic E-state index is 0.0416. The topological polar surface area (TPSA) is 36.4 Å². The zero-order valence-electron chi connectivity index (χ0n) is 9.40. The van der Waals surface area contributed by atoms with E-state index in [1.807, 2.05) is 19.1 Å². The summed E-state index contributed by atoms with van der Waals surface area (Å²) in [4.78, 5) is 6.44. The van der Waals surface area contributed by atoms with Crippen molar-refractivity contribution in [2.45, 2.75) is 20.5 Å². The third-order valence-corrected chi connectivity index (χ3v) is 2.16. The van der Waals surface area contributed by atoms with Crippen LogP contribution in [0.1, 0.15) is 19.4 Å². The molecule has 0 aliphatic heterocycles. The molecule has 0 amide bonds. The molecule has 0 bridgehead atoms. The summed E-state index contributed by atoms with van der Waals surface area (Å²) in [5, 5.41) is 8.90. The first-order valence-electron chi connectivity index (χ1n) is 5.12. The van der Waals surface area contributed by atoms with Crippen LogP contribution < -0.4 is 4.90 Å². The Labute approximate surface area is 91.1 Å². The lowest BCUT2D eigenvalue weighted by Crippen LogP contribution is -2.25. The molecule has 15 heavy (non-hydrogen) atoms. The second-order valence-electron chi connectivity index (χ2n) is 3.65. The molecule has 3 nitrogen and oxygen atoms in total. The SMILES string of the molecule is C=C(C)CN(CC)c1ccc(CO)cn1. The Balaban J connectivity index is 2.78. The predicted octanol–water partition coefficient (Wildman–Crippen LogP) is 1.98. The molecular formula is C12H18N2O. The fourth-order valence-electron chi connectivity index (χ4n) is 1.38. The lowest BCUT2D eigenvalue weighted by molar-refractivity contribution is 0.281. The molecule has 0 saturated heterocycles. The molecule has 0 atom stereocenters. The highest BCUT2D eigenvalue weighted by Gasteiger charge is 2.05. The van der Waals surface area contributed by atoms with Crippen molar-refractivity contribution in [1.82, 2.24) is 4.98 Å². The highest BCUT2D eigenvalue weighted by atomic mass is 16.3. The maximum absolute atomic E-state index is 8.90. The fraction of sp³-hybridized carbons (Fsp3) is 0.417. The van der Waals surface area contributed by atoms with Crippen molar-refractivity contribution in [3.8, 4) is 0 Å². The molecule has 1 heterocycles. The van der Waals surface area contributed by atoms with Crippen LogP contribution in [-0.2, 0) is 6.61 Å². The average molecular weight is 206 g/mol. The molecule has 0 fully saturated rings. The van der Waals surface area contributed by atoms with E-state index in [1.165, 1.54) is 0 Å². The molecule has 1 N–H and O–H groups in total. The smallest absolute Gasteiger partial charge is 0.128 e. The number of hydrogen-bond donors (Lipinski definition) is 1. The maximum Gasteiger partial charge on any atom is 0.128 e. The van der Waals surface area contributed by atoms with Crippen molar-refractivity contribution < 1.29 is 5.11 Å². The predicted molar refractivity (Wildman–Crippen MR) is 62.9 cm³/mol. The van der Waals surface area contributed by atoms with Crippen LogP contribution in [-0.4, -0.2) is 23.2 Å². The van der Waals surface area contributed by atoms with Crippen LogP contribution in [0.2, 0.25) is 0 Å². The van der Waals surface area contributed by atoms with Gasteiger partial charge in [0.15, 0.2) is 0 Å². The van der Waals surface area contributed by atoms with Crippen LogP contribution in [0.5, 0.6) is 0 Å². The van der Waals surface area contributed by atoms with Crippen molar-refractivity contribution in [2.24, 2.45) is 0 Å². The number of pyridine rings is 1. The third-order valence-electron chi connectivity index (χ3n) is 2.16. The first-order chi connectivity index (χ1) is 7.17. The number of likely N-dealkylation sites (N-methyl/N-ethyl adjacent to an activating group) is 1. The van der Waals surface area contributed by atoms with E-state index < -0.39 is 0 Å². The molecule has 0 aromatic carbocycles. The van der Waals surface area contributed by atoms with Crippen LogP contribution in [0.3, 0.4) is 0 Å². The number of hydrogen-bond acceptors (Lipinski definition) is 3. The van der Waals surface area contributed by atoms with Crippen molar-refractivity contribution in [1.29, 1.82) is 0 Å². The average Bonchev–Trinajstić information content (AvgIpc) is 2.26. The van der Waals surface area contributed by atoms with E-state index >= 15 is 0 Å². The minimum atomic E-state index is 0.0416. The van der Waals surface area contributed by atoms with Gasteiger partial charge in [-0.15, -0.1) is 0 Å². The fourth-order valence-corrected chi connectivity index (χ4v) is 1.38. The summed E-state index contributed by atoms with van der Waals surface area (Å²) in [6.07, 6.45) is 1.70. The summed E-state index contributed by atoms with van der Waals surface area (Å²) < 4.78 is 0. The van der Waals surface area contributed by atoms with Gasteiger partial charge in [-0.3, -0.25) is 0 Å². The number of anilines is 1. The third kappa shape index (κ3) is 3.36. The van der Waals surface area contributed by atoms with Crippen LogP contribution in [0.25, 0.3) is 0 Å². The Morgan fingerprint density at radius 2 is 2.27 bits per heavy atom. The number of aliphatic hydroxyl groups excluding tert-OH is 1. The van der Waals surface area contributed by atoms with Gasteiger partial charge < -0.3 is 10.0 Å². The van der Waals surface area contributed by atoms with Gasteiger partial charge in [0.05, 0.1) is 6.61 Å². The van der Waals surface area contributed by atoms with Crippen LogP contribution in [0.15, 0.2) is 30.5 Å². The molecule has 0 radical (unpaired) electrons. The van der Waals surface area contributed by atoms with Crippen LogP contribution in [0, 0.1) is 0 Å². The van der Waals surface area contributed by atoms with Crippen molar-refractivity contribution in [2.75, 3.05) is 18.0 Å². The van der Waals surface area contributed by atoms with Crippen LogP contribution in [0.4, 0.5) is 5.82 Å². The van der Waals surface area contributed by atoms with Crippen molar-refractivity contribution in [3.63, 3.8) is 0 Å². The first kappa shape index (κ1) is 11.7. The van der Waals surface area contributed by atoms with Crippen molar-refractivity contribution in [3.05, 3.63) is 36.0 Å². The Morgan fingerprint density at radius 1 is 1.53 bits per heavy atom. The van der Waals surface area contributed by atoms with Gasteiger partial charge in [0, 0.05) is 19.3 Å².